The van der Waals surface area contributed by atoms with Crippen molar-refractivity contribution in [2.75, 3.05) is 0 Å². The molecule has 0 atom stereocenters. The third-order valence-corrected chi connectivity index (χ3v) is 12.4. The van der Waals surface area contributed by atoms with Gasteiger partial charge in [0.25, 0.3) is 0 Å². The molecule has 3 nitrogen and oxygen atoms in total. The van der Waals surface area contributed by atoms with E-state index in [1.54, 1.807) is 36.4 Å². The van der Waals surface area contributed by atoms with Crippen molar-refractivity contribution in [3.8, 4) is 44.6 Å². The monoisotopic (exact) mass is 1110 g/mol. The number of aromatic nitrogens is 1. The van der Waals surface area contributed by atoms with Crippen LogP contribution in [0, 0.1) is 31.5 Å². The Morgan fingerprint density at radius 2 is 0.887 bits per heavy atom. The fourth-order valence-electron chi connectivity index (χ4n) is 8.75. The molecule has 1 heterocycles. The van der Waals surface area contributed by atoms with Gasteiger partial charge in [-0.3, -0.25) is 0 Å². The largest absolute Gasteiger partial charge is 3.00 e. The van der Waals surface area contributed by atoms with Crippen molar-refractivity contribution in [1.29, 1.82) is 0 Å². The van der Waals surface area contributed by atoms with E-state index in [1.807, 2.05) is 96.3 Å². The molecule has 1 aromatic heterocycles. The molecule has 0 saturated carbocycles. The normalized spacial score (nSPS) is 13.7. The maximum absolute atomic E-state index is 9.65. The van der Waals surface area contributed by atoms with E-state index in [1.165, 1.54) is 50.5 Å². The molecule has 4 heteroatoms. The molecule has 0 aliphatic carbocycles. The van der Waals surface area contributed by atoms with Crippen LogP contribution in [0.4, 0.5) is 0 Å². The Labute approximate surface area is 445 Å². The zero-order chi connectivity index (χ0) is 56.6. The SMILES string of the molecule is [2H]C([2H])(c1c[c-]cc(C(C)(C)C)c1)C([2H])([2H])c1cc(-c2ccccc2-c2c[c-]c(-c3cc(-c4ccc5c6ccccc6c6ccccc6c5c4)ccn3)cc2)cc(C([2H])([2H])C([2H])([2H])c2c[c-]cc(C(C)(C)C)c2)c1.[C-]#[O+].[C-]#[O+].[Ir+3]. The van der Waals surface area contributed by atoms with Crippen LogP contribution in [0.1, 0.15) is 85.9 Å². The maximum atomic E-state index is 9.65. The Balaban J connectivity index is 0.00000177. The fourth-order valence-corrected chi connectivity index (χ4v) is 8.75. The molecule has 0 radical (unpaired) electrons. The molecule has 350 valence electrons. The Hall–Kier alpha value is -6.96. The van der Waals surface area contributed by atoms with Crippen LogP contribution >= 0.6 is 0 Å². The van der Waals surface area contributed by atoms with Crippen molar-refractivity contribution in [3.05, 3.63) is 247 Å². The molecule has 0 spiro atoms. The Kier molecular flexibility index (Phi) is 13.5. The van der Waals surface area contributed by atoms with E-state index in [4.69, 9.17) is 14.3 Å². The fraction of sp³-hybridized carbons (Fsp3) is 0.179. The maximum Gasteiger partial charge on any atom is 3.00 e. The zero-order valence-electron chi connectivity index (χ0n) is 48.4. The van der Waals surface area contributed by atoms with Gasteiger partial charge in [0.05, 0.1) is 0 Å². The molecule has 0 unspecified atom stereocenters. The summed E-state index contributed by atoms with van der Waals surface area (Å²) < 4.78 is 91.4. The number of aryl methyl sites for hydroxylation is 4. The second kappa shape index (κ2) is 22.9. The van der Waals surface area contributed by atoms with Crippen molar-refractivity contribution >= 4 is 32.3 Å². The zero-order valence-corrected chi connectivity index (χ0v) is 42.8. The minimum absolute atomic E-state index is 0. The quantitative estimate of drug-likeness (QED) is 0.0765. The van der Waals surface area contributed by atoms with Crippen LogP contribution in [0.3, 0.4) is 0 Å². The molecular formula is C67H56IrNO2. The van der Waals surface area contributed by atoms with Gasteiger partial charge in [0.1, 0.15) is 0 Å². The first kappa shape index (κ1) is 41.8. The third-order valence-electron chi connectivity index (χ3n) is 12.4. The van der Waals surface area contributed by atoms with E-state index in [0.29, 0.717) is 11.1 Å². The predicted octanol–water partition coefficient (Wildman–Crippen LogP) is 16.7. The minimum Gasteiger partial charge on any atom is 3.00 e. The van der Waals surface area contributed by atoms with Gasteiger partial charge in [0.2, 0.25) is 0 Å². The van der Waals surface area contributed by atoms with Crippen molar-refractivity contribution in [3.63, 3.8) is 0 Å². The first-order valence-electron chi connectivity index (χ1n) is 27.0. The van der Waals surface area contributed by atoms with Crippen molar-refractivity contribution in [1.82, 2.24) is 4.98 Å². The van der Waals surface area contributed by atoms with Crippen LogP contribution in [0.5, 0.6) is 0 Å². The second-order valence-corrected chi connectivity index (χ2v) is 19.1. The van der Waals surface area contributed by atoms with Gasteiger partial charge >= 0.3 is 42.7 Å². The molecule has 0 aliphatic heterocycles. The van der Waals surface area contributed by atoms with Gasteiger partial charge in [-0.25, -0.2) is 0 Å². The molecule has 9 aromatic carbocycles. The van der Waals surface area contributed by atoms with Crippen molar-refractivity contribution in [2.45, 2.75) is 77.9 Å². The van der Waals surface area contributed by atoms with Crippen molar-refractivity contribution in [2.24, 2.45) is 0 Å². The van der Waals surface area contributed by atoms with E-state index in [-0.39, 0.29) is 53.2 Å². The van der Waals surface area contributed by atoms with Gasteiger partial charge in [-0.05, 0) is 96.3 Å². The predicted molar refractivity (Wildman–Crippen MR) is 288 cm³/mol. The number of benzene rings is 9. The molecule has 0 aliphatic rings. The van der Waals surface area contributed by atoms with Crippen LogP contribution in [-0.4, -0.2) is 4.98 Å². The molecule has 10 rings (SSSR count). The molecule has 10 aromatic rings. The number of pyridine rings is 1. The van der Waals surface area contributed by atoms with E-state index in [9.17, 15) is 11.0 Å². The number of hydrogen-bond donors (Lipinski definition) is 0. The number of hydrogen-bond acceptors (Lipinski definition) is 1. The first-order chi connectivity index (χ1) is 37.0. The third kappa shape index (κ3) is 11.8. The van der Waals surface area contributed by atoms with E-state index >= 15 is 0 Å². The second-order valence-electron chi connectivity index (χ2n) is 19.1. The summed E-state index contributed by atoms with van der Waals surface area (Å²) >= 11 is 0. The summed E-state index contributed by atoms with van der Waals surface area (Å²) in [6, 6.07) is 65.0. The molecule has 0 bridgehead atoms. The summed E-state index contributed by atoms with van der Waals surface area (Å²) in [4.78, 5) is 4.77. The summed E-state index contributed by atoms with van der Waals surface area (Å²) in [6.07, 6.45) is -8.93. The summed E-state index contributed by atoms with van der Waals surface area (Å²) in [5.41, 5.74) is 6.88. The molecule has 0 N–H and O–H groups in total. The first-order valence-corrected chi connectivity index (χ1v) is 23.0. The van der Waals surface area contributed by atoms with Gasteiger partial charge in [0, 0.05) is 17.2 Å². The molecule has 0 amide bonds. The average molecular weight is 1110 g/mol. The summed E-state index contributed by atoms with van der Waals surface area (Å²) in [7, 11) is 0. The van der Waals surface area contributed by atoms with Gasteiger partial charge in [-0.1, -0.05) is 185 Å². The average Bonchev–Trinajstić information content (AvgIpc) is 3.64. The van der Waals surface area contributed by atoms with Crippen LogP contribution in [0.25, 0.3) is 77.0 Å². The number of rotatable bonds is 10. The topological polar surface area (TPSA) is 52.7 Å². The van der Waals surface area contributed by atoms with E-state index in [2.05, 4.69) is 104 Å². The number of fused-ring (bicyclic) bond motifs is 6. The molecule has 0 saturated heterocycles. The molecular weight excluding hydrogens is 1040 g/mol. The Morgan fingerprint density at radius 3 is 1.39 bits per heavy atom. The Morgan fingerprint density at radius 1 is 0.437 bits per heavy atom. The molecule has 0 fully saturated rings. The van der Waals surface area contributed by atoms with Crippen LogP contribution < -0.4 is 0 Å². The van der Waals surface area contributed by atoms with E-state index < -0.39 is 25.5 Å². The van der Waals surface area contributed by atoms with Crippen LogP contribution in [0.2, 0.25) is 0 Å². The van der Waals surface area contributed by atoms with Gasteiger partial charge in [-0.2, -0.15) is 70.8 Å². The van der Waals surface area contributed by atoms with Crippen LogP contribution in [0.15, 0.2) is 182 Å². The summed E-state index contributed by atoms with van der Waals surface area (Å²) in [5, 5.41) is 7.24. The molecule has 71 heavy (non-hydrogen) atoms. The summed E-state index contributed by atoms with van der Waals surface area (Å²) in [5.74, 6) is 0. The van der Waals surface area contributed by atoms with Gasteiger partial charge in [0.15, 0.2) is 0 Å². The number of nitrogens with zero attached hydrogens (tertiary/aromatic N) is 1. The standard InChI is InChI=1S/C65H56N.2CO.Ir/c1-64(2,3)53-17-13-15-44(40-53)25-27-46-37-47(28-26-45-16-14-18-54(41-45)65(4,5)6)39-52(38-46)56-20-8-7-19-55(56)48-29-31-49(32-30-48)63-43-51(35-36-66-63)50-33-34-61-59-23-10-9-21-57(59)58-22-11-12-24-60(58)62(61)42-50;2*1-2;/h7-12,15-24,29-31,33-43H,25-28H2,1-6H3;;;/q-3;;;+3/i25D2,26D2,27D2,28D2;;;. The van der Waals surface area contributed by atoms with Gasteiger partial charge in [-0.15, -0.1) is 29.8 Å². The summed E-state index contributed by atoms with van der Waals surface area (Å²) in [6.45, 7) is 21.0. The smallest absolute Gasteiger partial charge is 3.00 e. The van der Waals surface area contributed by atoms with Crippen LogP contribution in [-0.2, 0) is 65.7 Å². The van der Waals surface area contributed by atoms with Gasteiger partial charge < -0.3 is 4.98 Å². The van der Waals surface area contributed by atoms with Crippen molar-refractivity contribution < 1.29 is 40.4 Å². The minimum atomic E-state index is -2.74. The van der Waals surface area contributed by atoms with E-state index in [0.717, 1.165) is 44.6 Å². The Bertz CT molecular complexity index is 3750.